The number of rotatable bonds is 3. The van der Waals surface area contributed by atoms with Crippen molar-refractivity contribution in [2.24, 2.45) is 5.92 Å². The molecule has 25 heavy (non-hydrogen) atoms. The first-order valence-electron chi connectivity index (χ1n) is 9.59. The molecule has 1 amide bonds. The number of nitrogens with zero attached hydrogens (tertiary/aromatic N) is 3. The second-order valence-electron chi connectivity index (χ2n) is 7.31. The summed E-state index contributed by atoms with van der Waals surface area (Å²) in [4.78, 5) is 19.4. The second kappa shape index (κ2) is 7.38. The Labute approximate surface area is 148 Å². The van der Waals surface area contributed by atoms with Crippen LogP contribution in [-0.4, -0.2) is 32.5 Å². The van der Waals surface area contributed by atoms with Gasteiger partial charge in [0.1, 0.15) is 0 Å². The maximum absolute atomic E-state index is 13.2. The Morgan fingerprint density at radius 1 is 1.04 bits per heavy atom. The molecule has 3 heterocycles. The molecule has 2 aliphatic rings. The lowest BCUT2D eigenvalue weighted by Gasteiger charge is -2.38. The van der Waals surface area contributed by atoms with E-state index in [-0.39, 0.29) is 12.0 Å². The van der Waals surface area contributed by atoms with Gasteiger partial charge in [0.2, 0.25) is 5.91 Å². The van der Waals surface area contributed by atoms with Crippen molar-refractivity contribution >= 4 is 5.91 Å². The highest BCUT2D eigenvalue weighted by Gasteiger charge is 2.34. The van der Waals surface area contributed by atoms with Crippen LogP contribution in [0.2, 0.25) is 0 Å². The number of pyridine rings is 1. The number of nitrogens with one attached hydrogen (secondary N) is 1. The molecular weight excluding hydrogens is 312 g/mol. The third kappa shape index (κ3) is 3.32. The first kappa shape index (κ1) is 16.3. The topological polar surface area (TPSA) is 61.9 Å². The average molecular weight is 338 g/mol. The van der Waals surface area contributed by atoms with Crippen molar-refractivity contribution in [1.29, 1.82) is 0 Å². The van der Waals surface area contributed by atoms with Crippen molar-refractivity contribution in [3.8, 4) is 11.1 Å². The molecule has 1 aliphatic heterocycles. The summed E-state index contributed by atoms with van der Waals surface area (Å²) in [6.07, 6.45) is 14.5. The van der Waals surface area contributed by atoms with Crippen LogP contribution < -0.4 is 0 Å². The highest BCUT2D eigenvalue weighted by atomic mass is 16.2. The van der Waals surface area contributed by atoms with E-state index in [1.54, 1.807) is 12.4 Å². The van der Waals surface area contributed by atoms with Crippen LogP contribution in [0.15, 0.2) is 30.7 Å². The maximum atomic E-state index is 13.2. The van der Waals surface area contributed by atoms with E-state index in [0.29, 0.717) is 5.91 Å². The number of carbonyl (C=O) groups is 1. The standard InChI is InChI=1S/C20H26N4O/c25-20(16-6-2-1-3-7-16)24-13-5-4-8-18(24)19-17(14-22-23-19)15-9-11-21-12-10-15/h9-12,14,16,18H,1-8,13H2,(H,22,23)/t18-/m1/s1. The van der Waals surface area contributed by atoms with Gasteiger partial charge in [0.05, 0.1) is 17.9 Å². The number of likely N-dealkylation sites (tertiary alicyclic amines) is 1. The summed E-state index contributed by atoms with van der Waals surface area (Å²) in [6, 6.07) is 4.13. The zero-order valence-corrected chi connectivity index (χ0v) is 14.7. The minimum atomic E-state index is 0.119. The minimum Gasteiger partial charge on any atom is -0.334 e. The SMILES string of the molecule is O=C(C1CCCCC1)N1CCCC[C@@H]1c1[nH]ncc1-c1ccncc1. The van der Waals surface area contributed by atoms with Gasteiger partial charge in [0.25, 0.3) is 0 Å². The quantitative estimate of drug-likeness (QED) is 0.916. The van der Waals surface area contributed by atoms with E-state index in [4.69, 9.17) is 0 Å². The third-order valence-corrected chi connectivity index (χ3v) is 5.73. The van der Waals surface area contributed by atoms with E-state index in [1.807, 2.05) is 18.3 Å². The van der Waals surface area contributed by atoms with Crippen molar-refractivity contribution in [2.45, 2.75) is 57.4 Å². The van der Waals surface area contributed by atoms with Crippen molar-refractivity contribution in [3.63, 3.8) is 0 Å². The lowest BCUT2D eigenvalue weighted by molar-refractivity contribution is -0.140. The number of piperidine rings is 1. The molecule has 1 N–H and O–H groups in total. The summed E-state index contributed by atoms with van der Waals surface area (Å²) in [5, 5.41) is 7.49. The van der Waals surface area contributed by atoms with E-state index in [1.165, 1.54) is 19.3 Å². The molecule has 2 aromatic heterocycles. The Hall–Kier alpha value is -2.17. The van der Waals surface area contributed by atoms with Gasteiger partial charge in [0.15, 0.2) is 0 Å². The van der Waals surface area contributed by atoms with Gasteiger partial charge in [0, 0.05) is 30.4 Å². The molecule has 1 aliphatic carbocycles. The Morgan fingerprint density at radius 3 is 2.60 bits per heavy atom. The maximum Gasteiger partial charge on any atom is 0.226 e. The molecule has 0 bridgehead atoms. The summed E-state index contributed by atoms with van der Waals surface area (Å²) >= 11 is 0. The molecule has 0 aromatic carbocycles. The van der Waals surface area contributed by atoms with Crippen LogP contribution in [0, 0.1) is 5.92 Å². The van der Waals surface area contributed by atoms with Gasteiger partial charge < -0.3 is 4.90 Å². The Balaban J connectivity index is 1.62. The third-order valence-electron chi connectivity index (χ3n) is 5.73. The monoisotopic (exact) mass is 338 g/mol. The molecule has 132 valence electrons. The molecular formula is C20H26N4O. The lowest BCUT2D eigenvalue weighted by atomic mass is 9.86. The van der Waals surface area contributed by atoms with Gasteiger partial charge in [-0.3, -0.25) is 14.9 Å². The molecule has 1 saturated carbocycles. The normalized spacial score (nSPS) is 22.1. The van der Waals surface area contributed by atoms with Crippen LogP contribution in [0.25, 0.3) is 11.1 Å². The van der Waals surface area contributed by atoms with E-state index in [2.05, 4.69) is 20.1 Å². The highest BCUT2D eigenvalue weighted by molar-refractivity contribution is 5.80. The first-order chi connectivity index (χ1) is 12.3. The summed E-state index contributed by atoms with van der Waals surface area (Å²) in [5.74, 6) is 0.585. The Morgan fingerprint density at radius 2 is 1.80 bits per heavy atom. The van der Waals surface area contributed by atoms with Crippen LogP contribution in [0.1, 0.15) is 63.1 Å². The number of amides is 1. The number of carbonyl (C=O) groups excluding carboxylic acids is 1. The van der Waals surface area contributed by atoms with Crippen LogP contribution in [0.5, 0.6) is 0 Å². The lowest BCUT2D eigenvalue weighted by Crippen LogP contribution is -2.42. The molecule has 1 atom stereocenters. The highest BCUT2D eigenvalue weighted by Crippen LogP contribution is 2.37. The van der Waals surface area contributed by atoms with E-state index in [9.17, 15) is 4.79 Å². The van der Waals surface area contributed by atoms with Gasteiger partial charge in [-0.2, -0.15) is 5.10 Å². The van der Waals surface area contributed by atoms with Crippen molar-refractivity contribution in [3.05, 3.63) is 36.4 Å². The molecule has 5 nitrogen and oxygen atoms in total. The van der Waals surface area contributed by atoms with Gasteiger partial charge >= 0.3 is 0 Å². The zero-order chi connectivity index (χ0) is 17.1. The number of aromatic nitrogens is 3. The predicted octanol–water partition coefficient (Wildman–Crippen LogP) is 4.11. The largest absolute Gasteiger partial charge is 0.334 e. The molecule has 5 heteroatoms. The van der Waals surface area contributed by atoms with Gasteiger partial charge in [-0.1, -0.05) is 19.3 Å². The average Bonchev–Trinajstić information content (AvgIpc) is 3.18. The van der Waals surface area contributed by atoms with Crippen molar-refractivity contribution < 1.29 is 4.79 Å². The fourth-order valence-corrected chi connectivity index (χ4v) is 4.39. The molecule has 0 spiro atoms. The van der Waals surface area contributed by atoms with Crippen LogP contribution >= 0.6 is 0 Å². The molecule has 0 unspecified atom stereocenters. The van der Waals surface area contributed by atoms with Crippen molar-refractivity contribution in [1.82, 2.24) is 20.1 Å². The molecule has 4 rings (SSSR count). The molecule has 1 saturated heterocycles. The van der Waals surface area contributed by atoms with Gasteiger partial charge in [-0.25, -0.2) is 0 Å². The number of aromatic amines is 1. The van der Waals surface area contributed by atoms with Crippen LogP contribution in [0.3, 0.4) is 0 Å². The summed E-state index contributed by atoms with van der Waals surface area (Å²) in [7, 11) is 0. The Bertz CT molecular complexity index is 705. The predicted molar refractivity (Wildman–Crippen MR) is 96.7 cm³/mol. The molecule has 2 fully saturated rings. The summed E-state index contributed by atoms with van der Waals surface area (Å²) < 4.78 is 0. The van der Waals surface area contributed by atoms with E-state index in [0.717, 1.165) is 55.5 Å². The molecule has 0 radical (unpaired) electrons. The van der Waals surface area contributed by atoms with Crippen LogP contribution in [0.4, 0.5) is 0 Å². The number of H-pyrrole nitrogens is 1. The fraction of sp³-hybridized carbons (Fsp3) is 0.550. The summed E-state index contributed by atoms with van der Waals surface area (Å²) in [5.41, 5.74) is 3.28. The molecule has 2 aromatic rings. The van der Waals surface area contributed by atoms with E-state index < -0.39 is 0 Å². The first-order valence-corrected chi connectivity index (χ1v) is 9.59. The van der Waals surface area contributed by atoms with Gasteiger partial charge in [-0.15, -0.1) is 0 Å². The Kier molecular flexibility index (Phi) is 4.81. The second-order valence-corrected chi connectivity index (χ2v) is 7.31. The fourth-order valence-electron chi connectivity index (χ4n) is 4.39. The number of hydrogen-bond donors (Lipinski definition) is 1. The smallest absolute Gasteiger partial charge is 0.226 e. The van der Waals surface area contributed by atoms with Crippen LogP contribution in [-0.2, 0) is 4.79 Å². The van der Waals surface area contributed by atoms with Crippen molar-refractivity contribution in [2.75, 3.05) is 6.54 Å². The minimum absolute atomic E-state index is 0.119. The zero-order valence-electron chi connectivity index (χ0n) is 14.7. The van der Waals surface area contributed by atoms with E-state index >= 15 is 0 Å². The summed E-state index contributed by atoms with van der Waals surface area (Å²) in [6.45, 7) is 0.870. The number of hydrogen-bond acceptors (Lipinski definition) is 3. The van der Waals surface area contributed by atoms with Gasteiger partial charge in [-0.05, 0) is 49.8 Å².